The van der Waals surface area contributed by atoms with Gasteiger partial charge in [-0.15, -0.1) is 0 Å². The van der Waals surface area contributed by atoms with Crippen LogP contribution in [-0.2, 0) is 0 Å². The quantitative estimate of drug-likeness (QED) is 0.358. The summed E-state index contributed by atoms with van der Waals surface area (Å²) in [6, 6.07) is 7.62. The number of carbonyl (C=O) groups is 1. The summed E-state index contributed by atoms with van der Waals surface area (Å²) in [6.07, 6.45) is 4.18. The van der Waals surface area contributed by atoms with Gasteiger partial charge >= 0.3 is 0 Å². The molecule has 3 aromatic heterocycles. The van der Waals surface area contributed by atoms with Crippen molar-refractivity contribution in [2.45, 2.75) is 50.9 Å². The number of halogens is 2. The lowest BCUT2D eigenvalue weighted by Crippen LogP contribution is -2.43. The monoisotopic (exact) mass is 600 g/mol. The van der Waals surface area contributed by atoms with E-state index in [2.05, 4.69) is 38.0 Å². The fourth-order valence-corrected chi connectivity index (χ4v) is 4.31. The van der Waals surface area contributed by atoms with Gasteiger partial charge in [0.1, 0.15) is 33.9 Å². The predicted octanol–water partition coefficient (Wildman–Crippen LogP) is 4.20. The second-order valence-corrected chi connectivity index (χ2v) is 10.00. The van der Waals surface area contributed by atoms with Gasteiger partial charge in [-0.1, -0.05) is 37.5 Å². The van der Waals surface area contributed by atoms with Crippen molar-refractivity contribution in [1.82, 2.24) is 30.7 Å². The molecule has 4 heterocycles. The molecule has 5 rings (SSSR count). The van der Waals surface area contributed by atoms with Crippen molar-refractivity contribution in [3.63, 3.8) is 0 Å². The summed E-state index contributed by atoms with van der Waals surface area (Å²) >= 11 is 1.50. The van der Waals surface area contributed by atoms with Crippen LogP contribution in [0.25, 0.3) is 5.82 Å². The lowest BCUT2D eigenvalue weighted by Gasteiger charge is -2.11. The molecular weight excluding hydrogens is 566 g/mol. The van der Waals surface area contributed by atoms with Crippen molar-refractivity contribution in [2.75, 3.05) is 14.2 Å². The number of pyridine rings is 3. The Balaban J connectivity index is 0.000000290. The smallest absolute Gasteiger partial charge is 0.280 e. The highest BCUT2D eigenvalue weighted by Crippen LogP contribution is 2.28. The molecule has 2 aliphatic rings. The minimum absolute atomic E-state index is 0.0478. The number of carbonyl (C=O) groups excluding carboxylic acids is 1. The van der Waals surface area contributed by atoms with E-state index < -0.39 is 6.43 Å². The third-order valence-electron chi connectivity index (χ3n) is 5.79. The first kappa shape index (κ1) is 32.5. The van der Waals surface area contributed by atoms with Crippen LogP contribution in [0.4, 0.5) is 8.78 Å². The van der Waals surface area contributed by atoms with Gasteiger partial charge in [0.05, 0.1) is 26.0 Å². The molecule has 0 radical (unpaired) electrons. The number of nitrogens with zero attached hydrogens (tertiary/aromatic N) is 3. The average Bonchev–Trinajstić information content (AvgIpc) is 3.74. The topological polar surface area (TPSA) is 119 Å². The Morgan fingerprint density at radius 2 is 1.86 bits per heavy atom. The van der Waals surface area contributed by atoms with Crippen molar-refractivity contribution in [2.24, 2.45) is 5.92 Å². The molecule has 1 saturated carbocycles. The molecule has 42 heavy (non-hydrogen) atoms. The summed E-state index contributed by atoms with van der Waals surface area (Å²) < 4.78 is 35.4. The number of hydrogen-bond acceptors (Lipinski definition) is 9. The summed E-state index contributed by atoms with van der Waals surface area (Å²) in [7, 11) is 2.98. The maximum absolute atomic E-state index is 12.4. The van der Waals surface area contributed by atoms with E-state index in [1.165, 1.54) is 67.9 Å². The lowest BCUT2D eigenvalue weighted by molar-refractivity contribution is 0.0944. The molecule has 0 bridgehead atoms. The fraction of sp³-hybridized carbons (Fsp3) is 0.379. The number of methoxy groups -OCH3 is 2. The standard InChI is InChI=1S/C19H19N5O3S.C8H9F2NO.C2H6/c1-27-14-8-9-24(17(25)10-14)15-6-5-13(11-20-15)18(26)21-19-23-22-16(28-19)7-4-12-2-3-12;1-5-3-6(8(9)10)11-4-7(5)12-2;1-2/h5-6,8-12,16,19,22-23H,2-3H2,1H3,(H,21,26);3-4,8H,1-2H3;1-2H3. The van der Waals surface area contributed by atoms with Gasteiger partial charge in [0.25, 0.3) is 17.9 Å². The molecule has 2 atom stereocenters. The van der Waals surface area contributed by atoms with Gasteiger partial charge in [0.2, 0.25) is 0 Å². The molecule has 10 nitrogen and oxygen atoms in total. The number of hydrogen-bond donors (Lipinski definition) is 3. The van der Waals surface area contributed by atoms with Crippen LogP contribution in [0.1, 0.15) is 54.7 Å². The zero-order valence-corrected chi connectivity index (χ0v) is 24.8. The molecule has 224 valence electrons. The molecule has 1 saturated heterocycles. The summed E-state index contributed by atoms with van der Waals surface area (Å²) in [5.74, 6) is 8.08. The van der Waals surface area contributed by atoms with E-state index in [-0.39, 0.29) is 28.0 Å². The zero-order valence-electron chi connectivity index (χ0n) is 24.0. The number of thioether (sulfide) groups is 1. The maximum Gasteiger partial charge on any atom is 0.280 e. The molecule has 2 unspecified atom stereocenters. The minimum Gasteiger partial charge on any atom is -0.497 e. The van der Waals surface area contributed by atoms with Gasteiger partial charge in [-0.25, -0.2) is 24.6 Å². The highest BCUT2D eigenvalue weighted by atomic mass is 32.2. The van der Waals surface area contributed by atoms with Crippen LogP contribution in [0.3, 0.4) is 0 Å². The van der Waals surface area contributed by atoms with Crippen molar-refractivity contribution in [3.05, 3.63) is 76.1 Å². The number of alkyl halides is 2. The van der Waals surface area contributed by atoms with Crippen molar-refractivity contribution < 1.29 is 23.0 Å². The van der Waals surface area contributed by atoms with Gasteiger partial charge in [-0.3, -0.25) is 19.1 Å². The fourth-order valence-electron chi connectivity index (χ4n) is 3.46. The highest BCUT2D eigenvalue weighted by Gasteiger charge is 2.26. The largest absolute Gasteiger partial charge is 0.497 e. The number of nitrogens with one attached hydrogen (secondary N) is 3. The molecule has 1 aliphatic heterocycles. The van der Waals surface area contributed by atoms with Crippen molar-refractivity contribution in [3.8, 4) is 29.2 Å². The number of hydrazine groups is 1. The summed E-state index contributed by atoms with van der Waals surface area (Å²) in [6.45, 7) is 5.70. The average molecular weight is 601 g/mol. The van der Waals surface area contributed by atoms with Gasteiger partial charge in [0, 0.05) is 24.4 Å². The van der Waals surface area contributed by atoms with Gasteiger partial charge in [-0.05, 0) is 49.6 Å². The van der Waals surface area contributed by atoms with Crippen LogP contribution >= 0.6 is 11.8 Å². The van der Waals surface area contributed by atoms with E-state index in [1.54, 1.807) is 31.3 Å². The molecule has 13 heteroatoms. The number of aryl methyl sites for hydroxylation is 1. The Morgan fingerprint density at radius 1 is 1.10 bits per heavy atom. The molecular formula is C29H34F2N6O4S. The number of aromatic nitrogens is 3. The van der Waals surface area contributed by atoms with Gasteiger partial charge < -0.3 is 14.8 Å². The number of rotatable bonds is 6. The van der Waals surface area contributed by atoms with E-state index in [9.17, 15) is 18.4 Å². The zero-order chi connectivity index (χ0) is 30.6. The molecule has 0 aromatic carbocycles. The van der Waals surface area contributed by atoms with Gasteiger partial charge in [0.15, 0.2) is 0 Å². The normalized spacial score (nSPS) is 17.0. The van der Waals surface area contributed by atoms with E-state index in [1.807, 2.05) is 13.8 Å². The van der Waals surface area contributed by atoms with Crippen LogP contribution in [0.15, 0.2) is 53.7 Å². The third-order valence-corrected chi connectivity index (χ3v) is 6.80. The van der Waals surface area contributed by atoms with E-state index in [0.717, 1.165) is 0 Å². The molecule has 0 spiro atoms. The Kier molecular flexibility index (Phi) is 12.3. The first-order valence-electron chi connectivity index (χ1n) is 13.3. The number of amides is 1. The number of ether oxygens (including phenoxy) is 2. The van der Waals surface area contributed by atoms with E-state index in [0.29, 0.717) is 34.4 Å². The SMILES string of the molecule is CC.COc1ccn(-c2ccc(C(=O)NC3NNC(C#CC4CC4)S3)cn2)c(=O)c1.COc1cnc(C(F)F)cc1C. The Bertz CT molecular complexity index is 1450. The van der Waals surface area contributed by atoms with E-state index in [4.69, 9.17) is 9.47 Å². The first-order chi connectivity index (χ1) is 20.3. The molecule has 3 N–H and O–H groups in total. The predicted molar refractivity (Wildman–Crippen MR) is 158 cm³/mol. The second kappa shape index (κ2) is 15.9. The molecule has 1 amide bonds. The van der Waals surface area contributed by atoms with Gasteiger partial charge in [-0.2, -0.15) is 0 Å². The van der Waals surface area contributed by atoms with Crippen LogP contribution in [0.2, 0.25) is 0 Å². The van der Waals surface area contributed by atoms with Crippen LogP contribution < -0.4 is 31.2 Å². The summed E-state index contributed by atoms with van der Waals surface area (Å²) in [4.78, 5) is 32.3. The Hall–Kier alpha value is -3.99. The summed E-state index contributed by atoms with van der Waals surface area (Å²) in [5.41, 5.74) is 6.37. The second-order valence-electron chi connectivity index (χ2n) is 8.78. The maximum atomic E-state index is 12.4. The van der Waals surface area contributed by atoms with Crippen molar-refractivity contribution in [1.29, 1.82) is 0 Å². The lowest BCUT2D eigenvalue weighted by atomic mass is 10.2. The Labute approximate surface area is 247 Å². The Morgan fingerprint density at radius 3 is 2.43 bits per heavy atom. The van der Waals surface area contributed by atoms with Crippen LogP contribution in [0.5, 0.6) is 11.5 Å². The van der Waals surface area contributed by atoms with Crippen LogP contribution in [-0.4, -0.2) is 45.5 Å². The van der Waals surface area contributed by atoms with Crippen molar-refractivity contribution >= 4 is 17.7 Å². The van der Waals surface area contributed by atoms with E-state index >= 15 is 0 Å². The summed E-state index contributed by atoms with van der Waals surface area (Å²) in [5, 5.41) is 2.82. The van der Waals surface area contributed by atoms with Crippen LogP contribution in [0, 0.1) is 24.7 Å². The first-order valence-corrected chi connectivity index (χ1v) is 14.2. The minimum atomic E-state index is -2.52. The highest BCUT2D eigenvalue weighted by molar-refractivity contribution is 8.00. The molecule has 2 fully saturated rings. The third kappa shape index (κ3) is 9.27. The molecule has 1 aliphatic carbocycles. The molecule has 3 aromatic rings.